The number of benzene rings is 2. The average Bonchev–Trinajstić information content (AvgIpc) is 3.43. The fraction of sp³-hybridized carbons (Fsp3) is 0.429. The second-order valence-electron chi connectivity index (χ2n) is 9.50. The number of hydrogen-bond donors (Lipinski definition) is 2. The predicted octanol–water partition coefficient (Wildman–Crippen LogP) is 2.87. The molecule has 1 aromatic heterocycles. The van der Waals surface area contributed by atoms with E-state index in [0.717, 1.165) is 62.5 Å². The number of nitrogens with zero attached hydrogens (tertiary/aromatic N) is 2. The molecule has 11 heteroatoms. The van der Waals surface area contributed by atoms with Crippen molar-refractivity contribution in [2.75, 3.05) is 60.4 Å². The Morgan fingerprint density at radius 2 is 1.82 bits per heavy atom. The molecule has 2 aliphatic rings. The van der Waals surface area contributed by atoms with Gasteiger partial charge in [-0.2, -0.15) is 0 Å². The normalized spacial score (nSPS) is 14.8. The summed E-state index contributed by atoms with van der Waals surface area (Å²) in [7, 11) is 3.16. The second-order valence-corrected chi connectivity index (χ2v) is 9.89. The number of ether oxygens (including phenoxy) is 5. The van der Waals surface area contributed by atoms with Gasteiger partial charge in [0.25, 0.3) is 5.56 Å². The zero-order valence-electron chi connectivity index (χ0n) is 22.3. The Hall–Kier alpha value is -3.54. The predicted molar refractivity (Wildman–Crippen MR) is 152 cm³/mol. The minimum Gasteiger partial charge on any atom is -0.493 e. The molecule has 5 rings (SSSR count). The van der Waals surface area contributed by atoms with Crippen molar-refractivity contribution < 1.29 is 23.7 Å². The maximum absolute atomic E-state index is 13.1. The number of aromatic amines is 1. The molecule has 0 bridgehead atoms. The van der Waals surface area contributed by atoms with Crippen LogP contribution in [0.3, 0.4) is 0 Å². The number of hydrogen-bond acceptors (Lipinski definition) is 8. The second kappa shape index (κ2) is 12.5. The van der Waals surface area contributed by atoms with Crippen LogP contribution in [0.1, 0.15) is 17.5 Å². The molecule has 0 spiro atoms. The molecule has 0 aliphatic carbocycles. The van der Waals surface area contributed by atoms with E-state index in [2.05, 4.69) is 15.2 Å². The molecule has 3 aromatic rings. The van der Waals surface area contributed by atoms with Gasteiger partial charge < -0.3 is 38.9 Å². The minimum atomic E-state index is -0.180. The summed E-state index contributed by atoms with van der Waals surface area (Å²) < 4.78 is 27.3. The van der Waals surface area contributed by atoms with Crippen LogP contribution in [0.5, 0.6) is 23.0 Å². The SMILES string of the molecule is COc1cc2cc(CN(Cc3ccc4c(c3)OCO4)C(=S)NCCCN3CCOCC3)c(=O)[nH]c2cc1OC. The number of methoxy groups -OCH3 is 2. The van der Waals surface area contributed by atoms with Crippen LogP contribution < -0.4 is 29.8 Å². The Morgan fingerprint density at radius 1 is 1.05 bits per heavy atom. The van der Waals surface area contributed by atoms with Crippen molar-refractivity contribution >= 4 is 28.2 Å². The van der Waals surface area contributed by atoms with E-state index in [9.17, 15) is 4.79 Å². The van der Waals surface area contributed by atoms with Crippen molar-refractivity contribution in [1.82, 2.24) is 20.1 Å². The van der Waals surface area contributed by atoms with E-state index >= 15 is 0 Å². The fourth-order valence-corrected chi connectivity index (χ4v) is 5.03. The van der Waals surface area contributed by atoms with Gasteiger partial charge in [0.2, 0.25) is 6.79 Å². The summed E-state index contributed by atoms with van der Waals surface area (Å²) >= 11 is 5.83. The van der Waals surface area contributed by atoms with Crippen molar-refractivity contribution in [3.05, 3.63) is 57.9 Å². The zero-order chi connectivity index (χ0) is 27.2. The quantitative estimate of drug-likeness (QED) is 0.288. The molecular weight excluding hydrogens is 520 g/mol. The van der Waals surface area contributed by atoms with Crippen LogP contribution in [0.4, 0.5) is 0 Å². The van der Waals surface area contributed by atoms with Crippen LogP contribution >= 0.6 is 12.2 Å². The van der Waals surface area contributed by atoms with Crippen LogP contribution in [-0.2, 0) is 17.8 Å². The highest BCUT2D eigenvalue weighted by molar-refractivity contribution is 7.80. The summed E-state index contributed by atoms with van der Waals surface area (Å²) in [6.45, 7) is 6.24. The molecule has 2 N–H and O–H groups in total. The van der Waals surface area contributed by atoms with Gasteiger partial charge in [0.1, 0.15) is 0 Å². The van der Waals surface area contributed by atoms with E-state index in [1.807, 2.05) is 35.2 Å². The Bertz CT molecular complexity index is 1370. The van der Waals surface area contributed by atoms with Gasteiger partial charge in [-0.3, -0.25) is 9.69 Å². The van der Waals surface area contributed by atoms with Crippen LogP contribution in [0, 0.1) is 0 Å². The number of morpholine rings is 1. The molecule has 0 atom stereocenters. The monoisotopic (exact) mass is 554 g/mol. The van der Waals surface area contributed by atoms with E-state index in [-0.39, 0.29) is 12.4 Å². The molecule has 2 aromatic carbocycles. The molecule has 1 saturated heterocycles. The first kappa shape index (κ1) is 27.0. The molecule has 0 amide bonds. The lowest BCUT2D eigenvalue weighted by Gasteiger charge is -2.28. The van der Waals surface area contributed by atoms with Gasteiger partial charge in [0.15, 0.2) is 28.1 Å². The lowest BCUT2D eigenvalue weighted by atomic mass is 10.1. The largest absolute Gasteiger partial charge is 0.493 e. The van der Waals surface area contributed by atoms with Gasteiger partial charge in [-0.1, -0.05) is 6.07 Å². The van der Waals surface area contributed by atoms with Crippen molar-refractivity contribution in [3.63, 3.8) is 0 Å². The number of thiocarbonyl (C=S) groups is 1. The lowest BCUT2D eigenvalue weighted by molar-refractivity contribution is 0.0376. The molecular formula is C28H34N4O6S. The topological polar surface area (TPSA) is 97.5 Å². The molecule has 1 fully saturated rings. The summed E-state index contributed by atoms with van der Waals surface area (Å²) in [4.78, 5) is 20.5. The molecule has 0 radical (unpaired) electrons. The standard InChI is InChI=1S/C28H34N4O6S/c1-34-24-14-20-13-21(27(33)30-22(20)15-25(24)35-2)17-32(16-19-4-5-23-26(12-19)38-18-37-23)28(39)29-6-3-7-31-8-10-36-11-9-31/h4-5,12-15H,3,6-11,16-18H2,1-2H3,(H,29,39)(H,30,33). The smallest absolute Gasteiger partial charge is 0.253 e. The summed E-state index contributed by atoms with van der Waals surface area (Å²) in [5, 5.41) is 4.83. The number of H-pyrrole nitrogens is 1. The van der Waals surface area contributed by atoms with Crippen molar-refractivity contribution in [2.24, 2.45) is 0 Å². The van der Waals surface area contributed by atoms with E-state index in [4.69, 9.17) is 35.9 Å². The minimum absolute atomic E-state index is 0.180. The first-order valence-electron chi connectivity index (χ1n) is 13.0. The van der Waals surface area contributed by atoms with Gasteiger partial charge in [-0.05, 0) is 55.0 Å². The third kappa shape index (κ3) is 6.55. The summed E-state index contributed by atoms with van der Waals surface area (Å²) in [6, 6.07) is 11.4. The van der Waals surface area contributed by atoms with Gasteiger partial charge in [-0.15, -0.1) is 0 Å². The van der Waals surface area contributed by atoms with Gasteiger partial charge in [0, 0.05) is 43.2 Å². The lowest BCUT2D eigenvalue weighted by Crippen LogP contribution is -2.42. The summed E-state index contributed by atoms with van der Waals surface area (Å²) in [5.74, 6) is 2.59. The van der Waals surface area contributed by atoms with E-state index in [0.29, 0.717) is 46.5 Å². The van der Waals surface area contributed by atoms with Gasteiger partial charge in [-0.25, -0.2) is 0 Å². The highest BCUT2D eigenvalue weighted by Gasteiger charge is 2.18. The number of pyridine rings is 1. The number of fused-ring (bicyclic) bond motifs is 2. The highest BCUT2D eigenvalue weighted by atomic mass is 32.1. The molecule has 208 valence electrons. The molecule has 2 aliphatic heterocycles. The maximum Gasteiger partial charge on any atom is 0.253 e. The molecule has 39 heavy (non-hydrogen) atoms. The Balaban J connectivity index is 1.34. The Kier molecular flexibility index (Phi) is 8.70. The molecule has 3 heterocycles. The highest BCUT2D eigenvalue weighted by Crippen LogP contribution is 2.33. The van der Waals surface area contributed by atoms with E-state index in [1.54, 1.807) is 20.3 Å². The fourth-order valence-electron chi connectivity index (χ4n) is 4.80. The first-order chi connectivity index (χ1) is 19.0. The van der Waals surface area contributed by atoms with Crippen molar-refractivity contribution in [3.8, 4) is 23.0 Å². The van der Waals surface area contributed by atoms with Crippen LogP contribution in [-0.4, -0.2) is 80.3 Å². The number of nitrogens with one attached hydrogen (secondary N) is 2. The maximum atomic E-state index is 13.1. The first-order valence-corrected chi connectivity index (χ1v) is 13.4. The van der Waals surface area contributed by atoms with Crippen molar-refractivity contribution in [1.29, 1.82) is 0 Å². The number of aromatic nitrogens is 1. The van der Waals surface area contributed by atoms with E-state index < -0.39 is 0 Å². The molecule has 0 saturated carbocycles. The van der Waals surface area contributed by atoms with Gasteiger partial charge >= 0.3 is 0 Å². The number of rotatable bonds is 10. The van der Waals surface area contributed by atoms with Gasteiger partial charge in [0.05, 0.1) is 39.5 Å². The average molecular weight is 555 g/mol. The van der Waals surface area contributed by atoms with Crippen LogP contribution in [0.15, 0.2) is 41.2 Å². The molecule has 10 nitrogen and oxygen atoms in total. The van der Waals surface area contributed by atoms with Crippen LogP contribution in [0.2, 0.25) is 0 Å². The molecule has 0 unspecified atom stereocenters. The third-order valence-corrected chi connectivity index (χ3v) is 7.32. The third-order valence-electron chi connectivity index (χ3n) is 6.92. The Labute approximate surface area is 232 Å². The van der Waals surface area contributed by atoms with E-state index in [1.165, 1.54) is 0 Å². The zero-order valence-corrected chi connectivity index (χ0v) is 23.1. The summed E-state index contributed by atoms with van der Waals surface area (Å²) in [6.07, 6.45) is 0.955. The summed E-state index contributed by atoms with van der Waals surface area (Å²) in [5.41, 5.74) is 2.08. The van der Waals surface area contributed by atoms with Crippen LogP contribution in [0.25, 0.3) is 10.9 Å². The van der Waals surface area contributed by atoms with Crippen molar-refractivity contribution in [2.45, 2.75) is 19.5 Å². The Morgan fingerprint density at radius 3 is 2.62 bits per heavy atom.